The van der Waals surface area contributed by atoms with Crippen LogP contribution in [0.25, 0.3) is 5.76 Å². The molecule has 0 amide bonds. The van der Waals surface area contributed by atoms with Gasteiger partial charge >= 0.3 is 5.97 Å². The number of hydrogen-bond acceptors (Lipinski definition) is 4. The Balaban J connectivity index is 1.92. The number of rotatable bonds is 2. The zero-order valence-corrected chi connectivity index (χ0v) is 12.1. The summed E-state index contributed by atoms with van der Waals surface area (Å²) in [5, 5.41) is 14.2. The number of esters is 1. The minimum Gasteiger partial charge on any atom is -0.422 e. The van der Waals surface area contributed by atoms with Crippen LogP contribution in [0.15, 0.2) is 30.3 Å². The van der Waals surface area contributed by atoms with Crippen molar-refractivity contribution < 1.29 is 14.6 Å². The van der Waals surface area contributed by atoms with Gasteiger partial charge in [-0.25, -0.2) is 4.79 Å². The van der Waals surface area contributed by atoms with Crippen LogP contribution in [-0.2, 0) is 11.8 Å². The molecule has 1 aliphatic carbocycles. The Hall–Kier alpha value is -2.40. The molecular weight excluding hydrogens is 268 g/mol. The number of fused-ring (bicyclic) bond motifs is 1. The van der Waals surface area contributed by atoms with Gasteiger partial charge in [0.05, 0.1) is 5.69 Å². The minimum atomic E-state index is -0.736. The molecule has 1 heterocycles. The number of aryl methyl sites for hydroxylation is 2. The van der Waals surface area contributed by atoms with Crippen LogP contribution >= 0.6 is 0 Å². The lowest BCUT2D eigenvalue weighted by Gasteiger charge is -2.07. The highest BCUT2D eigenvalue weighted by Crippen LogP contribution is 2.35. The van der Waals surface area contributed by atoms with E-state index in [1.54, 1.807) is 24.7 Å². The van der Waals surface area contributed by atoms with Gasteiger partial charge in [0.25, 0.3) is 0 Å². The van der Waals surface area contributed by atoms with E-state index < -0.39 is 12.1 Å². The first-order valence-corrected chi connectivity index (χ1v) is 6.70. The number of carbonyl (C=O) groups excluding carboxylic acids is 1. The van der Waals surface area contributed by atoms with Gasteiger partial charge in [-0.3, -0.25) is 4.68 Å². The molecule has 0 bridgehead atoms. The molecule has 0 fully saturated rings. The molecule has 108 valence electrons. The van der Waals surface area contributed by atoms with Crippen LogP contribution < -0.4 is 0 Å². The number of aliphatic hydroxyl groups is 1. The Kier molecular flexibility index (Phi) is 3.14. The fraction of sp³-hybridized carbons (Fsp3) is 0.250. The van der Waals surface area contributed by atoms with Crippen LogP contribution in [0.1, 0.15) is 39.0 Å². The fourth-order valence-electron chi connectivity index (χ4n) is 2.61. The Labute approximate surface area is 122 Å². The third kappa shape index (κ3) is 2.15. The van der Waals surface area contributed by atoms with Gasteiger partial charge in [0.1, 0.15) is 17.4 Å². The Morgan fingerprint density at radius 2 is 2.05 bits per heavy atom. The zero-order valence-electron chi connectivity index (χ0n) is 12.1. The Morgan fingerprint density at radius 3 is 2.71 bits per heavy atom. The molecule has 1 atom stereocenters. The van der Waals surface area contributed by atoms with Crippen molar-refractivity contribution in [3.05, 3.63) is 58.4 Å². The number of aliphatic hydroxyl groups excluding tert-OH is 1. The van der Waals surface area contributed by atoms with Gasteiger partial charge in [-0.15, -0.1) is 0 Å². The maximum absolute atomic E-state index is 12.4. The van der Waals surface area contributed by atoms with Crippen molar-refractivity contribution in [3.8, 4) is 0 Å². The molecule has 0 saturated heterocycles. The number of carbonyl (C=O) groups is 1. The SMILES string of the molecule is Cc1nn(C)c(C)c1C(=O)OC1=CC(O)c2ccccc21. The molecule has 1 N–H and O–H groups in total. The second kappa shape index (κ2) is 4.86. The van der Waals surface area contributed by atoms with Crippen LogP contribution in [0, 0.1) is 13.8 Å². The second-order valence-corrected chi connectivity index (χ2v) is 5.12. The van der Waals surface area contributed by atoms with Crippen molar-refractivity contribution in [1.29, 1.82) is 0 Å². The monoisotopic (exact) mass is 284 g/mol. The maximum atomic E-state index is 12.4. The van der Waals surface area contributed by atoms with Crippen molar-refractivity contribution in [2.24, 2.45) is 7.05 Å². The molecule has 5 nitrogen and oxygen atoms in total. The normalized spacial score (nSPS) is 16.6. The van der Waals surface area contributed by atoms with E-state index in [4.69, 9.17) is 4.74 Å². The lowest BCUT2D eigenvalue weighted by molar-refractivity contribution is 0.0690. The molecule has 3 rings (SSSR count). The minimum absolute atomic E-state index is 0.394. The van der Waals surface area contributed by atoms with E-state index in [1.165, 1.54) is 0 Å². The zero-order chi connectivity index (χ0) is 15.1. The summed E-state index contributed by atoms with van der Waals surface area (Å²) in [6.07, 6.45) is 0.809. The van der Waals surface area contributed by atoms with Crippen molar-refractivity contribution >= 4 is 11.7 Å². The standard InChI is InChI=1S/C16H16N2O3/c1-9-15(10(2)18(3)17-9)16(20)21-14-8-13(19)11-6-4-5-7-12(11)14/h4-8,13,19H,1-3H3. The summed E-state index contributed by atoms with van der Waals surface area (Å²) in [6.45, 7) is 3.60. The lowest BCUT2D eigenvalue weighted by atomic mass is 10.1. The van der Waals surface area contributed by atoms with E-state index in [0.717, 1.165) is 16.8 Å². The first kappa shape index (κ1) is 13.6. The van der Waals surface area contributed by atoms with Crippen molar-refractivity contribution in [1.82, 2.24) is 9.78 Å². The predicted octanol–water partition coefficient (Wildman–Crippen LogP) is 2.28. The van der Waals surface area contributed by atoms with Gasteiger partial charge in [0.15, 0.2) is 0 Å². The van der Waals surface area contributed by atoms with Crippen LogP contribution in [-0.4, -0.2) is 20.9 Å². The number of nitrogens with zero attached hydrogens (tertiary/aromatic N) is 2. The van der Waals surface area contributed by atoms with Gasteiger partial charge in [-0.2, -0.15) is 5.10 Å². The molecule has 1 unspecified atom stereocenters. The molecule has 21 heavy (non-hydrogen) atoms. The van der Waals surface area contributed by atoms with Crippen molar-refractivity contribution in [2.75, 3.05) is 0 Å². The summed E-state index contributed by atoms with van der Waals surface area (Å²) < 4.78 is 7.13. The van der Waals surface area contributed by atoms with Crippen LogP contribution in [0.4, 0.5) is 0 Å². The predicted molar refractivity (Wildman–Crippen MR) is 77.5 cm³/mol. The molecule has 2 aromatic rings. The highest BCUT2D eigenvalue weighted by Gasteiger charge is 2.26. The van der Waals surface area contributed by atoms with E-state index in [9.17, 15) is 9.90 Å². The van der Waals surface area contributed by atoms with E-state index in [2.05, 4.69) is 5.10 Å². The van der Waals surface area contributed by atoms with Gasteiger partial charge in [-0.1, -0.05) is 24.3 Å². The van der Waals surface area contributed by atoms with Gasteiger partial charge < -0.3 is 9.84 Å². The first-order valence-electron chi connectivity index (χ1n) is 6.70. The summed E-state index contributed by atoms with van der Waals surface area (Å²) in [7, 11) is 1.78. The third-order valence-electron chi connectivity index (χ3n) is 3.77. The largest absolute Gasteiger partial charge is 0.422 e. The molecule has 0 saturated carbocycles. The number of ether oxygens (including phenoxy) is 1. The molecule has 0 spiro atoms. The maximum Gasteiger partial charge on any atom is 0.347 e. The van der Waals surface area contributed by atoms with E-state index in [1.807, 2.05) is 31.2 Å². The first-order chi connectivity index (χ1) is 9.99. The second-order valence-electron chi connectivity index (χ2n) is 5.12. The summed E-state index contributed by atoms with van der Waals surface area (Å²) in [5.41, 5.74) is 3.35. The smallest absolute Gasteiger partial charge is 0.347 e. The fourth-order valence-corrected chi connectivity index (χ4v) is 2.61. The highest BCUT2D eigenvalue weighted by atomic mass is 16.5. The molecule has 5 heteroatoms. The van der Waals surface area contributed by atoms with E-state index in [0.29, 0.717) is 17.0 Å². The topological polar surface area (TPSA) is 64.4 Å². The highest BCUT2D eigenvalue weighted by molar-refractivity contribution is 5.95. The Morgan fingerprint density at radius 1 is 1.33 bits per heavy atom. The van der Waals surface area contributed by atoms with Crippen molar-refractivity contribution in [3.63, 3.8) is 0 Å². The molecule has 1 aromatic heterocycles. The number of hydrogen-bond donors (Lipinski definition) is 1. The molecular formula is C16H16N2O3. The molecule has 1 aliphatic rings. The summed E-state index contributed by atoms with van der Waals surface area (Å²) >= 11 is 0. The van der Waals surface area contributed by atoms with Crippen LogP contribution in [0.2, 0.25) is 0 Å². The lowest BCUT2D eigenvalue weighted by Crippen LogP contribution is -2.07. The average Bonchev–Trinajstić information content (AvgIpc) is 2.89. The van der Waals surface area contributed by atoms with Gasteiger partial charge in [-0.05, 0) is 25.5 Å². The number of aromatic nitrogens is 2. The van der Waals surface area contributed by atoms with Crippen LogP contribution in [0.5, 0.6) is 0 Å². The number of benzene rings is 1. The molecule has 1 aromatic carbocycles. The third-order valence-corrected chi connectivity index (χ3v) is 3.77. The average molecular weight is 284 g/mol. The van der Waals surface area contributed by atoms with Gasteiger partial charge in [0, 0.05) is 18.3 Å². The van der Waals surface area contributed by atoms with E-state index in [-0.39, 0.29) is 0 Å². The van der Waals surface area contributed by atoms with E-state index >= 15 is 0 Å². The quantitative estimate of drug-likeness (QED) is 0.859. The molecule has 0 aliphatic heterocycles. The van der Waals surface area contributed by atoms with Crippen molar-refractivity contribution in [2.45, 2.75) is 20.0 Å². The van der Waals surface area contributed by atoms with Crippen LogP contribution in [0.3, 0.4) is 0 Å². The summed E-state index contributed by atoms with van der Waals surface area (Å²) in [6, 6.07) is 7.33. The summed E-state index contributed by atoms with van der Waals surface area (Å²) in [4.78, 5) is 12.4. The Bertz CT molecular complexity index is 759. The summed E-state index contributed by atoms with van der Waals surface area (Å²) in [5.74, 6) is -0.0565. The molecule has 0 radical (unpaired) electrons. The van der Waals surface area contributed by atoms with Gasteiger partial charge in [0.2, 0.25) is 0 Å².